The molecule has 1 heterocycles. The van der Waals surface area contributed by atoms with Crippen LogP contribution in [0.5, 0.6) is 0 Å². The first-order chi connectivity index (χ1) is 9.47. The monoisotopic (exact) mass is 355 g/mol. The van der Waals surface area contributed by atoms with E-state index >= 15 is 0 Å². The lowest BCUT2D eigenvalue weighted by Crippen LogP contribution is -2.14. The Kier molecular flexibility index (Phi) is 4.31. The lowest BCUT2D eigenvalue weighted by molar-refractivity contribution is -0.384. The zero-order chi connectivity index (χ0) is 14.7. The number of carbonyl (C=O) groups excluding carboxylic acids is 1. The summed E-state index contributed by atoms with van der Waals surface area (Å²) in [5, 5.41) is 13.6. The molecule has 0 radical (unpaired) electrons. The summed E-state index contributed by atoms with van der Waals surface area (Å²) in [5.41, 5.74) is 0.282. The zero-order valence-corrected chi connectivity index (χ0v) is 12.2. The predicted octanol–water partition coefficient (Wildman–Crippen LogP) is 3.66. The lowest BCUT2D eigenvalue weighted by atomic mass is 10.2. The maximum Gasteiger partial charge on any atom is 0.274 e. The van der Waals surface area contributed by atoms with Gasteiger partial charge in [0, 0.05) is 27.8 Å². The third-order valence-corrected chi connectivity index (χ3v) is 3.29. The van der Waals surface area contributed by atoms with Gasteiger partial charge in [-0.3, -0.25) is 19.9 Å². The van der Waals surface area contributed by atoms with Crippen LogP contribution in [0.15, 0.2) is 41.0 Å². The molecule has 0 aliphatic carbocycles. The Morgan fingerprint density at radius 1 is 1.35 bits per heavy atom. The molecule has 0 fully saturated rings. The Morgan fingerprint density at radius 3 is 2.75 bits per heavy atom. The molecule has 0 bridgehead atoms. The normalized spacial score (nSPS) is 10.1. The molecule has 0 atom stereocenters. The molecule has 1 N–H and O–H groups in total. The highest BCUT2D eigenvalue weighted by atomic mass is 79.9. The van der Waals surface area contributed by atoms with Gasteiger partial charge in [0.25, 0.3) is 11.6 Å². The number of pyridine rings is 1. The summed E-state index contributed by atoms with van der Waals surface area (Å²) in [6, 6.07) is 7.02. The van der Waals surface area contributed by atoms with Gasteiger partial charge in [0.05, 0.1) is 10.6 Å². The fourth-order valence-electron chi connectivity index (χ4n) is 1.44. The van der Waals surface area contributed by atoms with Crippen LogP contribution in [0, 0.1) is 10.1 Å². The first-order valence-corrected chi connectivity index (χ1v) is 6.51. The standard InChI is InChI=1S/C12H7BrClN3O3/c13-9-2-1-8(17(19)20)6-10(9)16-12(18)11-5-7(14)3-4-15-11/h1-6H,(H,16,18). The number of carbonyl (C=O) groups is 1. The molecule has 0 aliphatic rings. The van der Waals surface area contributed by atoms with Gasteiger partial charge >= 0.3 is 0 Å². The molecule has 0 saturated heterocycles. The van der Waals surface area contributed by atoms with E-state index in [4.69, 9.17) is 11.6 Å². The van der Waals surface area contributed by atoms with Crippen LogP contribution >= 0.6 is 27.5 Å². The molecule has 2 aromatic rings. The van der Waals surface area contributed by atoms with Crippen molar-refractivity contribution in [2.45, 2.75) is 0 Å². The number of non-ortho nitro benzene ring substituents is 1. The van der Waals surface area contributed by atoms with E-state index in [1.807, 2.05) is 0 Å². The minimum atomic E-state index is -0.542. The van der Waals surface area contributed by atoms with Gasteiger partial charge in [0.2, 0.25) is 0 Å². The quantitative estimate of drug-likeness (QED) is 0.672. The number of aromatic nitrogens is 1. The second-order valence-electron chi connectivity index (χ2n) is 3.73. The van der Waals surface area contributed by atoms with Crippen LogP contribution in [-0.4, -0.2) is 15.8 Å². The van der Waals surface area contributed by atoms with E-state index in [9.17, 15) is 14.9 Å². The van der Waals surface area contributed by atoms with Crippen molar-refractivity contribution in [1.82, 2.24) is 4.98 Å². The van der Waals surface area contributed by atoms with Crippen molar-refractivity contribution < 1.29 is 9.72 Å². The molecular weight excluding hydrogens is 350 g/mol. The lowest BCUT2D eigenvalue weighted by Gasteiger charge is -2.07. The predicted molar refractivity (Wildman–Crippen MR) is 78.0 cm³/mol. The van der Waals surface area contributed by atoms with Gasteiger partial charge in [-0.05, 0) is 34.1 Å². The fourth-order valence-corrected chi connectivity index (χ4v) is 1.94. The van der Waals surface area contributed by atoms with E-state index in [0.717, 1.165) is 0 Å². The molecule has 1 amide bonds. The number of rotatable bonds is 3. The highest BCUT2D eigenvalue weighted by molar-refractivity contribution is 9.10. The number of nitro benzene ring substituents is 1. The highest BCUT2D eigenvalue weighted by Crippen LogP contribution is 2.27. The van der Waals surface area contributed by atoms with Gasteiger partial charge < -0.3 is 5.32 Å². The number of nitrogens with zero attached hydrogens (tertiary/aromatic N) is 2. The second kappa shape index (κ2) is 5.98. The van der Waals surface area contributed by atoms with Crippen molar-refractivity contribution in [3.8, 4) is 0 Å². The molecule has 20 heavy (non-hydrogen) atoms. The minimum Gasteiger partial charge on any atom is -0.319 e. The highest BCUT2D eigenvalue weighted by Gasteiger charge is 2.13. The van der Waals surface area contributed by atoms with Crippen LogP contribution in [0.25, 0.3) is 0 Å². The van der Waals surface area contributed by atoms with Crippen LogP contribution in [-0.2, 0) is 0 Å². The third-order valence-electron chi connectivity index (χ3n) is 2.36. The number of hydrogen-bond acceptors (Lipinski definition) is 4. The Balaban J connectivity index is 2.27. The van der Waals surface area contributed by atoms with Gasteiger partial charge in [-0.15, -0.1) is 0 Å². The van der Waals surface area contributed by atoms with Crippen LogP contribution in [0.1, 0.15) is 10.5 Å². The van der Waals surface area contributed by atoms with Crippen molar-refractivity contribution in [3.63, 3.8) is 0 Å². The van der Waals surface area contributed by atoms with Gasteiger partial charge in [-0.1, -0.05) is 11.6 Å². The van der Waals surface area contributed by atoms with E-state index < -0.39 is 10.8 Å². The molecular formula is C12H7BrClN3O3. The smallest absolute Gasteiger partial charge is 0.274 e. The van der Waals surface area contributed by atoms with Gasteiger partial charge in [-0.2, -0.15) is 0 Å². The second-order valence-corrected chi connectivity index (χ2v) is 5.03. The number of anilines is 1. The van der Waals surface area contributed by atoms with E-state index in [-0.39, 0.29) is 17.1 Å². The molecule has 1 aromatic carbocycles. The fraction of sp³-hybridized carbons (Fsp3) is 0. The first-order valence-electron chi connectivity index (χ1n) is 5.34. The average molecular weight is 357 g/mol. The number of hydrogen-bond donors (Lipinski definition) is 1. The maximum atomic E-state index is 12.0. The van der Waals surface area contributed by atoms with Crippen molar-refractivity contribution in [2.75, 3.05) is 5.32 Å². The number of nitro groups is 1. The zero-order valence-electron chi connectivity index (χ0n) is 9.84. The van der Waals surface area contributed by atoms with E-state index in [2.05, 4.69) is 26.2 Å². The van der Waals surface area contributed by atoms with Crippen molar-refractivity contribution in [2.24, 2.45) is 0 Å². The summed E-state index contributed by atoms with van der Waals surface area (Å²) < 4.78 is 0.526. The summed E-state index contributed by atoms with van der Waals surface area (Å²) in [7, 11) is 0. The van der Waals surface area contributed by atoms with Crippen molar-refractivity contribution in [3.05, 3.63) is 61.8 Å². The SMILES string of the molecule is O=C(Nc1cc([N+](=O)[O-])ccc1Br)c1cc(Cl)ccn1. The Hall–Kier alpha value is -1.99. The molecule has 0 unspecified atom stereocenters. The minimum absolute atomic E-state index is 0.121. The van der Waals surface area contributed by atoms with Gasteiger partial charge in [0.1, 0.15) is 5.69 Å². The van der Waals surface area contributed by atoms with Crippen LogP contribution in [0.3, 0.4) is 0 Å². The average Bonchev–Trinajstić information content (AvgIpc) is 2.41. The molecule has 2 rings (SSSR count). The summed E-state index contributed by atoms with van der Waals surface area (Å²) in [4.78, 5) is 26.0. The largest absolute Gasteiger partial charge is 0.319 e. The summed E-state index contributed by atoms with van der Waals surface area (Å²) in [5.74, 6) is -0.506. The molecule has 0 aliphatic heterocycles. The van der Waals surface area contributed by atoms with Crippen LogP contribution in [0.2, 0.25) is 5.02 Å². The van der Waals surface area contributed by atoms with E-state index in [1.54, 1.807) is 6.07 Å². The molecule has 8 heteroatoms. The Bertz CT molecular complexity index is 693. The van der Waals surface area contributed by atoms with Gasteiger partial charge in [-0.25, -0.2) is 0 Å². The van der Waals surface area contributed by atoms with Crippen molar-refractivity contribution >= 4 is 44.8 Å². The van der Waals surface area contributed by atoms with Crippen LogP contribution < -0.4 is 5.32 Å². The molecule has 0 spiro atoms. The van der Waals surface area contributed by atoms with E-state index in [1.165, 1.54) is 30.5 Å². The molecule has 102 valence electrons. The number of nitrogens with one attached hydrogen (secondary N) is 1. The summed E-state index contributed by atoms with van der Waals surface area (Å²) in [6.07, 6.45) is 1.40. The maximum absolute atomic E-state index is 12.0. The van der Waals surface area contributed by atoms with Gasteiger partial charge in [0.15, 0.2) is 0 Å². The topological polar surface area (TPSA) is 85.1 Å². The first kappa shape index (κ1) is 14.4. The molecule has 1 aromatic heterocycles. The molecule has 0 saturated carbocycles. The third kappa shape index (κ3) is 3.31. The van der Waals surface area contributed by atoms with Crippen LogP contribution in [0.4, 0.5) is 11.4 Å². The number of amides is 1. The van der Waals surface area contributed by atoms with Crippen molar-refractivity contribution in [1.29, 1.82) is 0 Å². The number of halogens is 2. The Morgan fingerprint density at radius 2 is 2.10 bits per heavy atom. The Labute approximate surface area is 127 Å². The number of benzene rings is 1. The molecule has 6 nitrogen and oxygen atoms in total. The summed E-state index contributed by atoms with van der Waals surface area (Å²) in [6.45, 7) is 0. The summed E-state index contributed by atoms with van der Waals surface area (Å²) >= 11 is 8.98. The van der Waals surface area contributed by atoms with E-state index in [0.29, 0.717) is 9.50 Å².